The van der Waals surface area contributed by atoms with Crippen LogP contribution in [0.5, 0.6) is 0 Å². The molecule has 0 bridgehead atoms. The third-order valence-electron chi connectivity index (χ3n) is 3.35. The minimum absolute atomic E-state index is 0.103. The summed E-state index contributed by atoms with van der Waals surface area (Å²) in [6, 6.07) is 16.0. The van der Waals surface area contributed by atoms with E-state index >= 15 is 0 Å². The summed E-state index contributed by atoms with van der Waals surface area (Å²) in [4.78, 5) is 11.4. The van der Waals surface area contributed by atoms with Gasteiger partial charge in [0.15, 0.2) is 0 Å². The van der Waals surface area contributed by atoms with Gasteiger partial charge in [0.05, 0.1) is 0 Å². The molecule has 2 aromatic rings. The van der Waals surface area contributed by atoms with Crippen LogP contribution in [0.4, 0.5) is 0 Å². The average Bonchev–Trinajstić information content (AvgIpc) is 2.62. The summed E-state index contributed by atoms with van der Waals surface area (Å²) in [5, 5.41) is 0. The van der Waals surface area contributed by atoms with E-state index in [2.05, 4.69) is 4.74 Å². The van der Waals surface area contributed by atoms with Crippen LogP contribution in [0.1, 0.15) is 18.4 Å². The molecule has 0 heterocycles. The van der Waals surface area contributed by atoms with Crippen molar-refractivity contribution >= 4 is 35.5 Å². The first-order valence-corrected chi connectivity index (χ1v) is 11.0. The number of rotatable bonds is 8. The van der Waals surface area contributed by atoms with E-state index in [0.717, 1.165) is 10.0 Å². The van der Waals surface area contributed by atoms with E-state index in [0.29, 0.717) is 11.1 Å². The first-order chi connectivity index (χ1) is 12.4. The van der Waals surface area contributed by atoms with E-state index in [4.69, 9.17) is 4.18 Å². The molecule has 0 saturated carbocycles. The summed E-state index contributed by atoms with van der Waals surface area (Å²) in [6.07, 6.45) is 2.16. The normalized spacial score (nSPS) is 11.8. The number of hydrogen-bond acceptors (Lipinski definition) is 5. The van der Waals surface area contributed by atoms with Crippen molar-refractivity contribution in [2.75, 3.05) is 7.11 Å². The Morgan fingerprint density at radius 3 is 2.35 bits per heavy atom. The molecule has 0 N–H and O–H groups in total. The number of carbonyl (C=O) groups excluding carboxylic acids is 1. The quantitative estimate of drug-likeness (QED) is 0.274. The van der Waals surface area contributed by atoms with Crippen molar-refractivity contribution in [2.24, 2.45) is 0 Å². The molecule has 2 aromatic carbocycles. The monoisotopic (exact) mass is 440 g/mol. The molecule has 0 aliphatic heterocycles. The van der Waals surface area contributed by atoms with Gasteiger partial charge in [-0.15, -0.1) is 0 Å². The van der Waals surface area contributed by atoms with Gasteiger partial charge >= 0.3 is 160 Å². The number of ether oxygens (including phenoxy) is 1. The number of allylic oxidation sites excluding steroid dienone is 1. The van der Waals surface area contributed by atoms with Gasteiger partial charge in [0.25, 0.3) is 0 Å². The zero-order valence-electron chi connectivity index (χ0n) is 14.5. The summed E-state index contributed by atoms with van der Waals surface area (Å²) in [5.41, 5.74) is 0.964. The molecular formula is C19H20O5SSe. The molecule has 0 aliphatic carbocycles. The standard InChI is InChI=1S/C19H20O5SSe/c1-15-11-13-16(14-12-15)25(21,22)24-19(10-6-9-18(20)23-2)26-17-7-4-3-5-8-17/h3-5,7-8,10-14H,6,9H2,1-2H3/b19-10-. The molecule has 0 saturated heterocycles. The van der Waals surface area contributed by atoms with Crippen LogP contribution >= 0.6 is 0 Å². The van der Waals surface area contributed by atoms with Crippen LogP contribution in [0, 0.1) is 6.92 Å². The van der Waals surface area contributed by atoms with Gasteiger partial charge in [-0.2, -0.15) is 0 Å². The Kier molecular flexibility index (Phi) is 7.45. The molecule has 5 nitrogen and oxygen atoms in total. The Bertz CT molecular complexity index is 859. The number of aryl methyl sites for hydroxylation is 1. The fraction of sp³-hybridized carbons (Fsp3) is 0.211. The molecule has 0 atom stereocenters. The van der Waals surface area contributed by atoms with E-state index in [1.54, 1.807) is 18.2 Å². The van der Waals surface area contributed by atoms with Gasteiger partial charge in [0, 0.05) is 0 Å². The fourth-order valence-electron chi connectivity index (χ4n) is 1.97. The van der Waals surface area contributed by atoms with E-state index in [1.165, 1.54) is 19.2 Å². The van der Waals surface area contributed by atoms with Gasteiger partial charge < -0.3 is 0 Å². The maximum absolute atomic E-state index is 12.6. The summed E-state index contributed by atoms with van der Waals surface area (Å²) >= 11 is -0.338. The van der Waals surface area contributed by atoms with Gasteiger partial charge in [-0.25, -0.2) is 0 Å². The van der Waals surface area contributed by atoms with Crippen molar-refractivity contribution in [3.05, 3.63) is 70.9 Å². The predicted molar refractivity (Wildman–Crippen MR) is 101 cm³/mol. The van der Waals surface area contributed by atoms with E-state index in [9.17, 15) is 13.2 Å². The van der Waals surface area contributed by atoms with Gasteiger partial charge in [0.2, 0.25) is 0 Å². The van der Waals surface area contributed by atoms with Gasteiger partial charge in [-0.05, 0) is 0 Å². The van der Waals surface area contributed by atoms with Crippen LogP contribution in [-0.2, 0) is 23.8 Å². The first kappa shape index (κ1) is 20.2. The Hall–Kier alpha value is -2.08. The van der Waals surface area contributed by atoms with Gasteiger partial charge in [0.1, 0.15) is 0 Å². The second-order valence-corrected chi connectivity index (χ2v) is 9.21. The zero-order chi connectivity index (χ0) is 19.0. The van der Waals surface area contributed by atoms with Crippen molar-refractivity contribution in [1.29, 1.82) is 0 Å². The molecule has 0 fully saturated rings. The summed E-state index contributed by atoms with van der Waals surface area (Å²) in [5.74, 6) is -0.353. The Morgan fingerprint density at radius 1 is 1.08 bits per heavy atom. The van der Waals surface area contributed by atoms with Crippen LogP contribution < -0.4 is 4.46 Å². The molecule has 0 unspecified atom stereocenters. The minimum atomic E-state index is -3.92. The fourth-order valence-corrected chi connectivity index (χ4v) is 5.16. The van der Waals surface area contributed by atoms with Crippen molar-refractivity contribution in [1.82, 2.24) is 0 Å². The van der Waals surface area contributed by atoms with Crippen LogP contribution in [-0.4, -0.2) is 36.5 Å². The summed E-state index contributed by atoms with van der Waals surface area (Å²) < 4.78 is 36.4. The third-order valence-corrected chi connectivity index (χ3v) is 6.85. The molecule has 7 heteroatoms. The summed E-state index contributed by atoms with van der Waals surface area (Å²) in [7, 11) is -2.60. The van der Waals surface area contributed by atoms with Crippen molar-refractivity contribution in [3.8, 4) is 0 Å². The topological polar surface area (TPSA) is 69.7 Å². The predicted octanol–water partition coefficient (Wildman–Crippen LogP) is 2.52. The molecule has 0 radical (unpaired) electrons. The molecule has 138 valence electrons. The van der Waals surface area contributed by atoms with Gasteiger partial charge in [-0.1, -0.05) is 0 Å². The van der Waals surface area contributed by atoms with Crippen LogP contribution in [0.2, 0.25) is 0 Å². The Labute approximate surface area is 160 Å². The Morgan fingerprint density at radius 2 is 1.73 bits per heavy atom. The maximum atomic E-state index is 12.6. The molecule has 2 rings (SSSR count). The first-order valence-electron chi connectivity index (χ1n) is 7.92. The van der Waals surface area contributed by atoms with Crippen LogP contribution in [0.25, 0.3) is 0 Å². The van der Waals surface area contributed by atoms with Gasteiger partial charge in [-0.3, -0.25) is 0 Å². The number of benzene rings is 2. The second-order valence-electron chi connectivity index (χ2n) is 5.40. The Balaban J connectivity index is 2.20. The number of esters is 1. The SMILES string of the molecule is COC(=O)CC/C=C(/OS(=O)(=O)c1ccc(C)cc1)[Se]c1ccccc1. The number of methoxy groups -OCH3 is 1. The van der Waals surface area contributed by atoms with Crippen molar-refractivity contribution < 1.29 is 22.1 Å². The van der Waals surface area contributed by atoms with E-state index < -0.39 is 10.1 Å². The molecule has 0 aromatic heterocycles. The molecule has 0 aliphatic rings. The van der Waals surface area contributed by atoms with Crippen LogP contribution in [0.15, 0.2) is 70.2 Å². The zero-order valence-corrected chi connectivity index (χ0v) is 17.1. The third kappa shape index (κ3) is 6.33. The van der Waals surface area contributed by atoms with Crippen LogP contribution in [0.3, 0.4) is 0 Å². The summed E-state index contributed by atoms with van der Waals surface area (Å²) in [6.45, 7) is 1.88. The number of hydrogen-bond donors (Lipinski definition) is 0. The van der Waals surface area contributed by atoms with Crippen molar-refractivity contribution in [3.63, 3.8) is 0 Å². The number of carbonyl (C=O) groups is 1. The van der Waals surface area contributed by atoms with E-state index in [-0.39, 0.29) is 32.2 Å². The molecule has 26 heavy (non-hydrogen) atoms. The molecule has 0 amide bonds. The van der Waals surface area contributed by atoms with Crippen molar-refractivity contribution in [2.45, 2.75) is 24.7 Å². The second kappa shape index (κ2) is 9.57. The molecule has 0 spiro atoms. The van der Waals surface area contributed by atoms with E-state index in [1.807, 2.05) is 37.3 Å². The average molecular weight is 439 g/mol. The molecular weight excluding hydrogens is 419 g/mol.